The second-order valence-electron chi connectivity index (χ2n) is 5.21. The summed E-state index contributed by atoms with van der Waals surface area (Å²) in [6.45, 7) is 9.14. The first-order valence-electron chi connectivity index (χ1n) is 6.88. The Labute approximate surface area is 115 Å². The van der Waals surface area contributed by atoms with Gasteiger partial charge in [-0.25, -0.2) is 0 Å². The second kappa shape index (κ2) is 5.72. The number of hydrogen-bond acceptors (Lipinski definition) is 3. The number of nitrogens with zero attached hydrogens (tertiary/aromatic N) is 2. The average Bonchev–Trinajstić information content (AvgIpc) is 2.39. The van der Waals surface area contributed by atoms with Gasteiger partial charge < -0.3 is 10.6 Å². The van der Waals surface area contributed by atoms with Crippen molar-refractivity contribution in [3.63, 3.8) is 0 Å². The molecule has 1 saturated heterocycles. The van der Waals surface area contributed by atoms with E-state index in [0.717, 1.165) is 25.3 Å². The summed E-state index contributed by atoms with van der Waals surface area (Å²) >= 11 is 0. The highest BCUT2D eigenvalue weighted by Gasteiger charge is 2.32. The lowest BCUT2D eigenvalue weighted by Gasteiger charge is -2.39. The van der Waals surface area contributed by atoms with Crippen LogP contribution in [-0.2, 0) is 4.79 Å². The molecule has 0 radical (unpaired) electrons. The molecule has 1 atom stereocenters. The molecule has 0 saturated carbocycles. The van der Waals surface area contributed by atoms with Crippen LogP contribution in [0.4, 0.5) is 5.69 Å². The van der Waals surface area contributed by atoms with E-state index in [0.29, 0.717) is 6.54 Å². The molecule has 0 spiro atoms. The normalized spacial score (nSPS) is 20.9. The van der Waals surface area contributed by atoms with Crippen molar-refractivity contribution in [2.75, 3.05) is 31.1 Å². The fourth-order valence-electron chi connectivity index (χ4n) is 2.65. The lowest BCUT2D eigenvalue weighted by molar-refractivity contribution is -0.125. The quantitative estimate of drug-likeness (QED) is 0.892. The Balaban J connectivity index is 2.23. The third-order valence-corrected chi connectivity index (χ3v) is 4.07. The fourth-order valence-corrected chi connectivity index (χ4v) is 2.65. The van der Waals surface area contributed by atoms with Crippen LogP contribution in [0.3, 0.4) is 0 Å². The van der Waals surface area contributed by atoms with Crippen molar-refractivity contribution in [3.05, 3.63) is 29.3 Å². The van der Waals surface area contributed by atoms with E-state index in [2.05, 4.69) is 24.8 Å². The van der Waals surface area contributed by atoms with Crippen LogP contribution < -0.4 is 10.6 Å². The Hall–Kier alpha value is -1.39. The van der Waals surface area contributed by atoms with Crippen LogP contribution in [0.15, 0.2) is 18.2 Å². The van der Waals surface area contributed by atoms with E-state index in [-0.39, 0.29) is 11.9 Å². The van der Waals surface area contributed by atoms with Crippen LogP contribution >= 0.6 is 0 Å². The van der Waals surface area contributed by atoms with E-state index < -0.39 is 0 Å². The zero-order chi connectivity index (χ0) is 14.0. The Morgan fingerprint density at radius 1 is 1.32 bits per heavy atom. The van der Waals surface area contributed by atoms with Crippen LogP contribution in [0.1, 0.15) is 18.1 Å². The summed E-state index contributed by atoms with van der Waals surface area (Å²) in [6.07, 6.45) is 0. The largest absolute Gasteiger partial charge is 0.329 e. The van der Waals surface area contributed by atoms with Gasteiger partial charge in [-0.1, -0.05) is 12.1 Å². The van der Waals surface area contributed by atoms with Crippen molar-refractivity contribution in [3.8, 4) is 0 Å². The standard InChI is InChI=1S/C15H23N3O/c1-11-5-4-6-14(12(11)2)18-10-9-17(8-7-16)13(3)15(18)19/h4-6,13H,7-10,16H2,1-3H3. The van der Waals surface area contributed by atoms with E-state index in [1.54, 1.807) is 0 Å². The van der Waals surface area contributed by atoms with Crippen molar-refractivity contribution in [1.82, 2.24) is 4.90 Å². The maximum Gasteiger partial charge on any atom is 0.244 e. The zero-order valence-electron chi connectivity index (χ0n) is 12.0. The number of aryl methyl sites for hydroxylation is 1. The fraction of sp³-hybridized carbons (Fsp3) is 0.533. The minimum atomic E-state index is -0.0859. The number of amides is 1. The van der Waals surface area contributed by atoms with Gasteiger partial charge in [0.15, 0.2) is 0 Å². The molecule has 19 heavy (non-hydrogen) atoms. The highest BCUT2D eigenvalue weighted by Crippen LogP contribution is 2.25. The van der Waals surface area contributed by atoms with Crippen LogP contribution in [0, 0.1) is 13.8 Å². The molecule has 1 aliphatic heterocycles. The van der Waals surface area contributed by atoms with Gasteiger partial charge in [-0.05, 0) is 38.0 Å². The molecule has 1 unspecified atom stereocenters. The van der Waals surface area contributed by atoms with Crippen molar-refractivity contribution in [1.29, 1.82) is 0 Å². The molecule has 4 nitrogen and oxygen atoms in total. The topological polar surface area (TPSA) is 49.6 Å². The molecular formula is C15H23N3O. The molecule has 1 aromatic rings. The van der Waals surface area contributed by atoms with Gasteiger partial charge in [-0.3, -0.25) is 9.69 Å². The molecule has 0 aliphatic carbocycles. The summed E-state index contributed by atoms with van der Waals surface area (Å²) in [7, 11) is 0. The molecular weight excluding hydrogens is 238 g/mol. The van der Waals surface area contributed by atoms with Crippen LogP contribution in [0.5, 0.6) is 0 Å². The predicted molar refractivity (Wildman–Crippen MR) is 78.4 cm³/mol. The number of rotatable bonds is 3. The molecule has 2 rings (SSSR count). The Morgan fingerprint density at radius 3 is 2.74 bits per heavy atom. The smallest absolute Gasteiger partial charge is 0.244 e. The third kappa shape index (κ3) is 2.65. The molecule has 2 N–H and O–H groups in total. The van der Waals surface area contributed by atoms with Gasteiger partial charge in [0.1, 0.15) is 0 Å². The Morgan fingerprint density at radius 2 is 2.05 bits per heavy atom. The molecule has 4 heteroatoms. The van der Waals surface area contributed by atoms with Crippen molar-refractivity contribution >= 4 is 11.6 Å². The minimum Gasteiger partial charge on any atom is -0.329 e. The van der Waals surface area contributed by atoms with E-state index in [4.69, 9.17) is 5.73 Å². The van der Waals surface area contributed by atoms with Crippen LogP contribution in [0.2, 0.25) is 0 Å². The molecule has 1 amide bonds. The molecule has 1 aliphatic rings. The van der Waals surface area contributed by atoms with Gasteiger partial charge in [-0.15, -0.1) is 0 Å². The lowest BCUT2D eigenvalue weighted by atomic mass is 10.0. The maximum absolute atomic E-state index is 12.5. The first-order valence-corrected chi connectivity index (χ1v) is 6.88. The van der Waals surface area contributed by atoms with Gasteiger partial charge >= 0.3 is 0 Å². The number of carbonyl (C=O) groups is 1. The lowest BCUT2D eigenvalue weighted by Crippen LogP contribution is -2.57. The SMILES string of the molecule is Cc1cccc(N2CCN(CCN)C(C)C2=O)c1C. The Bertz CT molecular complexity index is 472. The van der Waals surface area contributed by atoms with Gasteiger partial charge in [0.25, 0.3) is 0 Å². The van der Waals surface area contributed by atoms with Crippen molar-refractivity contribution < 1.29 is 4.79 Å². The van der Waals surface area contributed by atoms with E-state index in [9.17, 15) is 4.79 Å². The monoisotopic (exact) mass is 261 g/mol. The van der Waals surface area contributed by atoms with Gasteiger partial charge in [0.2, 0.25) is 5.91 Å². The molecule has 1 heterocycles. The number of anilines is 1. The number of carbonyl (C=O) groups excluding carboxylic acids is 1. The number of benzene rings is 1. The molecule has 1 aromatic carbocycles. The second-order valence-corrected chi connectivity index (χ2v) is 5.21. The highest BCUT2D eigenvalue weighted by atomic mass is 16.2. The first kappa shape index (κ1) is 14.0. The summed E-state index contributed by atoms with van der Waals surface area (Å²) < 4.78 is 0. The number of nitrogens with two attached hydrogens (primary N) is 1. The Kier molecular flexibility index (Phi) is 4.22. The van der Waals surface area contributed by atoms with E-state index >= 15 is 0 Å². The molecule has 104 valence electrons. The summed E-state index contributed by atoms with van der Waals surface area (Å²) in [5.74, 6) is 0.174. The summed E-state index contributed by atoms with van der Waals surface area (Å²) in [5.41, 5.74) is 9.05. The molecule has 0 bridgehead atoms. The predicted octanol–water partition coefficient (Wildman–Crippen LogP) is 1.30. The number of hydrogen-bond donors (Lipinski definition) is 1. The van der Waals surface area contributed by atoms with Crippen LogP contribution in [0.25, 0.3) is 0 Å². The van der Waals surface area contributed by atoms with Crippen molar-refractivity contribution in [2.24, 2.45) is 5.73 Å². The molecule has 1 fully saturated rings. The van der Waals surface area contributed by atoms with Gasteiger partial charge in [-0.2, -0.15) is 0 Å². The zero-order valence-corrected chi connectivity index (χ0v) is 12.0. The van der Waals surface area contributed by atoms with Gasteiger partial charge in [0.05, 0.1) is 6.04 Å². The highest BCUT2D eigenvalue weighted by molar-refractivity contribution is 5.98. The average molecular weight is 261 g/mol. The molecule has 0 aromatic heterocycles. The van der Waals surface area contributed by atoms with Gasteiger partial charge in [0, 0.05) is 31.9 Å². The summed E-state index contributed by atoms with van der Waals surface area (Å²) in [6, 6.07) is 6.04. The maximum atomic E-state index is 12.5. The van der Waals surface area contributed by atoms with E-state index in [1.165, 1.54) is 11.1 Å². The summed E-state index contributed by atoms with van der Waals surface area (Å²) in [4.78, 5) is 16.6. The third-order valence-electron chi connectivity index (χ3n) is 4.07. The summed E-state index contributed by atoms with van der Waals surface area (Å²) in [5, 5.41) is 0. The first-order chi connectivity index (χ1) is 9.06. The van der Waals surface area contributed by atoms with Crippen LogP contribution in [-0.4, -0.2) is 43.0 Å². The van der Waals surface area contributed by atoms with Crippen molar-refractivity contribution in [2.45, 2.75) is 26.8 Å². The minimum absolute atomic E-state index is 0.0859. The number of piperazine rings is 1. The van der Waals surface area contributed by atoms with E-state index in [1.807, 2.05) is 24.0 Å².